The molecule has 0 radical (unpaired) electrons. The highest BCUT2D eigenvalue weighted by Gasteiger charge is 2.30. The molecule has 0 rings (SSSR count). The molecule has 0 aromatic heterocycles. The van der Waals surface area contributed by atoms with Crippen molar-refractivity contribution in [2.45, 2.75) is 11.7 Å². The van der Waals surface area contributed by atoms with Crippen molar-refractivity contribution >= 4 is 29.3 Å². The number of rotatable bonds is 3. The van der Waals surface area contributed by atoms with Crippen molar-refractivity contribution in [2.75, 3.05) is 12.1 Å². The maximum Gasteiger partial charge on any atom is 0.320 e. The fraction of sp³-hybridized carbons (Fsp3) is 0.800. The quantitative estimate of drug-likeness (QED) is 0.648. The first-order valence-electron chi connectivity index (χ1n) is 2.41. The Bertz CT molecular complexity index is 112. The minimum atomic E-state index is -0.856. The number of aliphatic carboxylic acids is 1. The van der Waals surface area contributed by atoms with Crippen LogP contribution in [0, 0.1) is 0 Å². The monoisotopic (exact) mass is 168 g/mol. The lowest BCUT2D eigenvalue weighted by Crippen LogP contribution is -2.32. The molecule has 0 aromatic rings. The summed E-state index contributed by atoms with van der Waals surface area (Å²) in [4.78, 5) is 10.4. The third-order valence-corrected chi connectivity index (χ3v) is 3.07. The first-order valence-corrected chi connectivity index (χ1v) is 4.17. The van der Waals surface area contributed by atoms with E-state index in [4.69, 9.17) is 16.7 Å². The lowest BCUT2D eigenvalue weighted by molar-refractivity contribution is -0.138. The second-order valence-electron chi connectivity index (χ2n) is 1.87. The first-order chi connectivity index (χ1) is 4.06. The molecule has 0 fully saturated rings. The van der Waals surface area contributed by atoms with Crippen LogP contribution in [0.2, 0.25) is 0 Å². The molecule has 1 atom stereocenters. The predicted octanol–water partition coefficient (Wildman–Crippen LogP) is 1.43. The third-order valence-electron chi connectivity index (χ3n) is 1.16. The lowest BCUT2D eigenvalue weighted by atomic mass is 10.2. The van der Waals surface area contributed by atoms with Crippen LogP contribution >= 0.6 is 23.4 Å². The number of thioether (sulfide) groups is 1. The van der Waals surface area contributed by atoms with Crippen molar-refractivity contribution in [3.05, 3.63) is 0 Å². The van der Waals surface area contributed by atoms with Crippen LogP contribution in [-0.2, 0) is 4.79 Å². The van der Waals surface area contributed by atoms with Gasteiger partial charge < -0.3 is 5.11 Å². The number of carboxylic acids is 1. The van der Waals surface area contributed by atoms with Gasteiger partial charge in [-0.1, -0.05) is 0 Å². The highest BCUT2D eigenvalue weighted by Crippen LogP contribution is 2.23. The van der Waals surface area contributed by atoms with E-state index in [2.05, 4.69) is 0 Å². The van der Waals surface area contributed by atoms with Crippen molar-refractivity contribution in [3.63, 3.8) is 0 Å². The molecule has 0 saturated heterocycles. The molecule has 0 saturated carbocycles. The molecule has 0 amide bonds. The summed E-state index contributed by atoms with van der Waals surface area (Å²) in [5.74, 6) is -0.714. The van der Waals surface area contributed by atoms with E-state index in [1.54, 1.807) is 13.2 Å². The highest BCUT2D eigenvalue weighted by molar-refractivity contribution is 8.00. The third kappa shape index (κ3) is 2.06. The standard InChI is InChI=1S/C5H9ClO2S/c1-5(3-6,9-2)4(7)8/h3H2,1-2H3,(H,7,8). The van der Waals surface area contributed by atoms with Gasteiger partial charge in [0.05, 0.1) is 0 Å². The first kappa shape index (κ1) is 9.11. The van der Waals surface area contributed by atoms with Crippen LogP contribution in [0.25, 0.3) is 0 Å². The van der Waals surface area contributed by atoms with E-state index in [1.165, 1.54) is 11.8 Å². The number of hydrogen-bond donors (Lipinski definition) is 1. The summed E-state index contributed by atoms with van der Waals surface area (Å²) in [5, 5.41) is 8.53. The smallest absolute Gasteiger partial charge is 0.320 e. The predicted molar refractivity (Wildman–Crippen MR) is 40.3 cm³/mol. The van der Waals surface area contributed by atoms with Gasteiger partial charge in [0, 0.05) is 5.88 Å². The van der Waals surface area contributed by atoms with Crippen molar-refractivity contribution in [2.24, 2.45) is 0 Å². The van der Waals surface area contributed by atoms with Gasteiger partial charge in [0.15, 0.2) is 0 Å². The van der Waals surface area contributed by atoms with Crippen molar-refractivity contribution in [3.8, 4) is 0 Å². The molecule has 0 aliphatic carbocycles. The largest absolute Gasteiger partial charge is 0.480 e. The number of carboxylic acid groups (broad SMARTS) is 1. The minimum absolute atomic E-state index is 0.142. The molecule has 54 valence electrons. The molecule has 0 spiro atoms. The van der Waals surface area contributed by atoms with Gasteiger partial charge in [0.2, 0.25) is 0 Å². The van der Waals surface area contributed by atoms with E-state index in [1.807, 2.05) is 0 Å². The zero-order valence-electron chi connectivity index (χ0n) is 5.35. The number of hydrogen-bond acceptors (Lipinski definition) is 2. The molecule has 0 heterocycles. The van der Waals surface area contributed by atoms with E-state index < -0.39 is 10.7 Å². The van der Waals surface area contributed by atoms with Gasteiger partial charge >= 0.3 is 5.97 Å². The minimum Gasteiger partial charge on any atom is -0.480 e. The highest BCUT2D eigenvalue weighted by atomic mass is 35.5. The Kier molecular flexibility index (Phi) is 3.36. The molecule has 9 heavy (non-hydrogen) atoms. The van der Waals surface area contributed by atoms with E-state index >= 15 is 0 Å². The van der Waals surface area contributed by atoms with Crippen LogP contribution in [0.4, 0.5) is 0 Å². The zero-order valence-corrected chi connectivity index (χ0v) is 6.92. The molecule has 0 aliphatic rings. The van der Waals surface area contributed by atoms with Crippen LogP contribution in [0.15, 0.2) is 0 Å². The number of carbonyl (C=O) groups is 1. The van der Waals surface area contributed by atoms with Crippen LogP contribution in [0.3, 0.4) is 0 Å². The molecule has 0 bridgehead atoms. The Hall–Kier alpha value is 0.110. The summed E-state index contributed by atoms with van der Waals surface area (Å²) >= 11 is 6.65. The molecule has 4 heteroatoms. The number of halogens is 1. The van der Waals surface area contributed by atoms with Gasteiger partial charge in [-0.3, -0.25) is 4.79 Å². The van der Waals surface area contributed by atoms with Crippen molar-refractivity contribution in [1.82, 2.24) is 0 Å². The number of alkyl halides is 1. The maximum absolute atomic E-state index is 10.4. The molecule has 2 nitrogen and oxygen atoms in total. The topological polar surface area (TPSA) is 37.3 Å². The van der Waals surface area contributed by atoms with E-state index in [9.17, 15) is 4.79 Å². The van der Waals surface area contributed by atoms with Crippen LogP contribution in [-0.4, -0.2) is 28.0 Å². The van der Waals surface area contributed by atoms with Crippen LogP contribution < -0.4 is 0 Å². The molecular weight excluding hydrogens is 160 g/mol. The zero-order chi connectivity index (χ0) is 7.49. The van der Waals surface area contributed by atoms with E-state index in [0.717, 1.165) is 0 Å². The Morgan fingerprint density at radius 3 is 2.33 bits per heavy atom. The summed E-state index contributed by atoms with van der Waals surface area (Å²) in [6.45, 7) is 1.60. The van der Waals surface area contributed by atoms with Crippen LogP contribution in [0.1, 0.15) is 6.92 Å². The van der Waals surface area contributed by atoms with E-state index in [-0.39, 0.29) is 5.88 Å². The Balaban J connectivity index is 4.09. The Morgan fingerprint density at radius 1 is 1.89 bits per heavy atom. The fourth-order valence-corrected chi connectivity index (χ4v) is 0.924. The summed E-state index contributed by atoms with van der Waals surface area (Å²) < 4.78 is -0.818. The average Bonchev–Trinajstić information content (AvgIpc) is 1.86. The lowest BCUT2D eigenvalue weighted by Gasteiger charge is -2.17. The average molecular weight is 169 g/mol. The van der Waals surface area contributed by atoms with Crippen molar-refractivity contribution in [1.29, 1.82) is 0 Å². The van der Waals surface area contributed by atoms with Crippen LogP contribution in [0.5, 0.6) is 0 Å². The van der Waals surface area contributed by atoms with Gasteiger partial charge in [0.1, 0.15) is 4.75 Å². The SMILES string of the molecule is CSC(C)(CCl)C(=O)O. The molecular formula is C5H9ClO2S. The van der Waals surface area contributed by atoms with Gasteiger partial charge in [-0.2, -0.15) is 0 Å². The molecule has 0 aliphatic heterocycles. The summed E-state index contributed by atoms with van der Waals surface area (Å²) in [6.07, 6.45) is 1.73. The summed E-state index contributed by atoms with van der Waals surface area (Å²) in [5.41, 5.74) is 0. The van der Waals surface area contributed by atoms with Gasteiger partial charge in [-0.15, -0.1) is 23.4 Å². The Labute approximate surface area is 63.6 Å². The summed E-state index contributed by atoms with van der Waals surface area (Å²) in [7, 11) is 0. The van der Waals surface area contributed by atoms with Gasteiger partial charge in [-0.05, 0) is 13.2 Å². The maximum atomic E-state index is 10.4. The molecule has 1 unspecified atom stereocenters. The molecule has 1 N–H and O–H groups in total. The second kappa shape index (κ2) is 3.32. The van der Waals surface area contributed by atoms with Gasteiger partial charge in [-0.25, -0.2) is 0 Å². The summed E-state index contributed by atoms with van der Waals surface area (Å²) in [6, 6.07) is 0. The van der Waals surface area contributed by atoms with Gasteiger partial charge in [0.25, 0.3) is 0 Å². The molecule has 0 aromatic carbocycles. The van der Waals surface area contributed by atoms with E-state index in [0.29, 0.717) is 0 Å². The normalized spacial score (nSPS) is 16.8. The Morgan fingerprint density at radius 2 is 2.33 bits per heavy atom. The van der Waals surface area contributed by atoms with Crippen molar-refractivity contribution < 1.29 is 9.90 Å². The second-order valence-corrected chi connectivity index (χ2v) is 3.45. The fourth-order valence-electron chi connectivity index (χ4n) is 0.199.